The van der Waals surface area contributed by atoms with Gasteiger partial charge in [-0.2, -0.15) is 0 Å². The molecule has 174 valence electrons. The van der Waals surface area contributed by atoms with Crippen LogP contribution in [0.1, 0.15) is 34.0 Å². The highest BCUT2D eigenvalue weighted by atomic mass is 32.1. The molecule has 0 saturated heterocycles. The zero-order valence-corrected chi connectivity index (χ0v) is 19.7. The Balaban J connectivity index is 1.32. The van der Waals surface area contributed by atoms with Crippen molar-refractivity contribution in [2.45, 2.75) is 43.9 Å². The van der Waals surface area contributed by atoms with E-state index in [1.165, 1.54) is 10.1 Å². The standard InChI is InChI=1S/C29H29NO3S/c31-23(18-24-16-21-11-5-7-13-27(21)34-24)15-22(14-19-8-2-1-3-9-19)29(33)30-28-25-12-6-4-10-20(25)17-26(28)32/h1-13,16,22-23,26,28,31-32H,14-15,17-18H2,(H,30,33)/t22-,23+,26+,28-/m0/s1. The molecule has 1 aliphatic carbocycles. The summed E-state index contributed by atoms with van der Waals surface area (Å²) >= 11 is 1.69. The van der Waals surface area contributed by atoms with Crippen LogP contribution in [0.2, 0.25) is 0 Å². The molecule has 1 aromatic heterocycles. The van der Waals surface area contributed by atoms with Crippen molar-refractivity contribution >= 4 is 27.3 Å². The molecule has 5 heteroatoms. The molecule has 4 nitrogen and oxygen atoms in total. The third-order valence-corrected chi connectivity index (χ3v) is 7.81. The number of fused-ring (bicyclic) bond motifs is 2. The Hall–Kier alpha value is -2.99. The van der Waals surface area contributed by atoms with Gasteiger partial charge in [-0.05, 0) is 47.1 Å². The molecule has 1 amide bonds. The van der Waals surface area contributed by atoms with Crippen molar-refractivity contribution in [3.8, 4) is 0 Å². The Bertz CT molecular complexity index is 1240. The number of amides is 1. The van der Waals surface area contributed by atoms with E-state index in [-0.39, 0.29) is 5.91 Å². The maximum absolute atomic E-state index is 13.5. The molecule has 0 spiro atoms. The SMILES string of the molecule is O=C(N[C@H]1c2ccccc2C[C@H]1O)[C@@H](Cc1ccccc1)C[C@@H](O)Cc1cc2ccccc2s1. The molecular weight excluding hydrogens is 442 g/mol. The topological polar surface area (TPSA) is 69.6 Å². The van der Waals surface area contributed by atoms with Crippen molar-refractivity contribution in [2.75, 3.05) is 0 Å². The van der Waals surface area contributed by atoms with E-state index in [9.17, 15) is 15.0 Å². The number of aliphatic hydroxyl groups excluding tert-OH is 2. The molecule has 34 heavy (non-hydrogen) atoms. The Morgan fingerprint density at radius 1 is 0.971 bits per heavy atom. The summed E-state index contributed by atoms with van der Waals surface area (Å²) < 4.78 is 1.21. The van der Waals surface area contributed by atoms with E-state index in [1.807, 2.05) is 66.7 Å². The minimum atomic E-state index is -0.637. The molecule has 3 aromatic carbocycles. The second-order valence-electron chi connectivity index (χ2n) is 9.19. The first-order valence-electron chi connectivity index (χ1n) is 11.8. The maximum atomic E-state index is 13.5. The Labute approximate surface area is 203 Å². The van der Waals surface area contributed by atoms with Gasteiger partial charge in [0.25, 0.3) is 0 Å². The van der Waals surface area contributed by atoms with Crippen molar-refractivity contribution in [3.63, 3.8) is 0 Å². The molecule has 0 unspecified atom stereocenters. The molecule has 0 aliphatic heterocycles. The van der Waals surface area contributed by atoms with Gasteiger partial charge in [0.15, 0.2) is 0 Å². The van der Waals surface area contributed by atoms with Crippen LogP contribution in [0.3, 0.4) is 0 Å². The average Bonchev–Trinajstić information content (AvgIpc) is 3.39. The van der Waals surface area contributed by atoms with Crippen LogP contribution < -0.4 is 5.32 Å². The summed E-state index contributed by atoms with van der Waals surface area (Å²) in [6, 6.07) is 27.7. The minimum Gasteiger partial charge on any atom is -0.393 e. The Morgan fingerprint density at radius 3 is 2.53 bits per heavy atom. The van der Waals surface area contributed by atoms with Crippen molar-refractivity contribution in [2.24, 2.45) is 5.92 Å². The highest BCUT2D eigenvalue weighted by Gasteiger charge is 2.34. The van der Waals surface area contributed by atoms with Crippen molar-refractivity contribution < 1.29 is 15.0 Å². The first-order chi connectivity index (χ1) is 16.6. The van der Waals surface area contributed by atoms with Gasteiger partial charge in [0.1, 0.15) is 0 Å². The number of rotatable bonds is 8. The van der Waals surface area contributed by atoms with Crippen LogP contribution in [0.5, 0.6) is 0 Å². The fourth-order valence-electron chi connectivity index (χ4n) is 4.98. The van der Waals surface area contributed by atoms with E-state index < -0.39 is 24.2 Å². The van der Waals surface area contributed by atoms with Gasteiger partial charge in [-0.1, -0.05) is 72.8 Å². The first-order valence-corrected chi connectivity index (χ1v) is 12.6. The van der Waals surface area contributed by atoms with Crippen LogP contribution >= 0.6 is 11.3 Å². The van der Waals surface area contributed by atoms with E-state index in [2.05, 4.69) is 23.5 Å². The highest BCUT2D eigenvalue weighted by molar-refractivity contribution is 7.19. The monoisotopic (exact) mass is 471 g/mol. The fraction of sp³-hybridized carbons (Fsp3) is 0.276. The lowest BCUT2D eigenvalue weighted by atomic mass is 9.91. The number of aliphatic hydroxyl groups is 2. The summed E-state index contributed by atoms with van der Waals surface area (Å²) in [5, 5.41) is 25.9. The van der Waals surface area contributed by atoms with Crippen molar-refractivity contribution in [1.82, 2.24) is 5.32 Å². The van der Waals surface area contributed by atoms with Crippen molar-refractivity contribution in [1.29, 1.82) is 0 Å². The number of carbonyl (C=O) groups is 1. The summed E-state index contributed by atoms with van der Waals surface area (Å²) in [7, 11) is 0. The molecule has 1 heterocycles. The van der Waals surface area contributed by atoms with Crippen LogP contribution in [-0.2, 0) is 24.1 Å². The largest absolute Gasteiger partial charge is 0.393 e. The first kappa shape index (κ1) is 22.8. The summed E-state index contributed by atoms with van der Waals surface area (Å²) in [5.41, 5.74) is 3.11. The van der Waals surface area contributed by atoms with Gasteiger partial charge in [-0.25, -0.2) is 0 Å². The van der Waals surface area contributed by atoms with Crippen molar-refractivity contribution in [3.05, 3.63) is 106 Å². The second kappa shape index (κ2) is 10.1. The molecule has 4 aromatic rings. The number of thiophene rings is 1. The third kappa shape index (κ3) is 5.07. The van der Waals surface area contributed by atoms with Gasteiger partial charge in [-0.3, -0.25) is 4.79 Å². The molecule has 0 fully saturated rings. The lowest BCUT2D eigenvalue weighted by Gasteiger charge is -2.24. The van der Waals surface area contributed by atoms with Crippen LogP contribution in [0.15, 0.2) is 84.9 Å². The fourth-order valence-corrected chi connectivity index (χ4v) is 6.12. The van der Waals surface area contributed by atoms with Gasteiger partial charge in [0, 0.05) is 28.3 Å². The van der Waals surface area contributed by atoms with Crippen LogP contribution in [0.25, 0.3) is 10.1 Å². The molecule has 5 rings (SSSR count). The van der Waals surface area contributed by atoms with E-state index >= 15 is 0 Å². The molecule has 0 saturated carbocycles. The normalized spacial score (nSPS) is 19.0. The van der Waals surface area contributed by atoms with E-state index in [4.69, 9.17) is 0 Å². The van der Waals surface area contributed by atoms with Gasteiger partial charge in [-0.15, -0.1) is 11.3 Å². The molecule has 4 atom stereocenters. The summed E-state index contributed by atoms with van der Waals surface area (Å²) in [5.74, 6) is -0.522. The van der Waals surface area contributed by atoms with Gasteiger partial charge in [0.2, 0.25) is 5.91 Å². The Morgan fingerprint density at radius 2 is 1.71 bits per heavy atom. The quantitative estimate of drug-likeness (QED) is 0.345. The molecule has 1 aliphatic rings. The average molecular weight is 472 g/mol. The van der Waals surface area contributed by atoms with Crippen LogP contribution in [-0.4, -0.2) is 28.3 Å². The summed E-state index contributed by atoms with van der Waals surface area (Å²) in [4.78, 5) is 14.6. The number of hydrogen-bond acceptors (Lipinski definition) is 4. The summed E-state index contributed by atoms with van der Waals surface area (Å²) in [6.07, 6.45) is 0.696. The molecule has 0 bridgehead atoms. The predicted molar refractivity (Wildman–Crippen MR) is 137 cm³/mol. The third-order valence-electron chi connectivity index (χ3n) is 6.67. The predicted octanol–water partition coefficient (Wildman–Crippen LogP) is 4.83. The van der Waals surface area contributed by atoms with E-state index in [0.29, 0.717) is 25.7 Å². The zero-order valence-electron chi connectivity index (χ0n) is 18.9. The second-order valence-corrected chi connectivity index (χ2v) is 10.4. The van der Waals surface area contributed by atoms with Crippen LogP contribution in [0.4, 0.5) is 0 Å². The zero-order chi connectivity index (χ0) is 23.5. The number of carbonyl (C=O) groups excluding carboxylic acids is 1. The van der Waals surface area contributed by atoms with E-state index in [1.54, 1.807) is 11.3 Å². The number of nitrogens with one attached hydrogen (secondary N) is 1. The Kier molecular flexibility index (Phi) is 6.77. The lowest BCUT2D eigenvalue weighted by Crippen LogP contribution is -2.39. The van der Waals surface area contributed by atoms with Gasteiger partial charge in [0.05, 0.1) is 18.2 Å². The molecule has 3 N–H and O–H groups in total. The molecular formula is C29H29NO3S. The maximum Gasteiger partial charge on any atom is 0.224 e. The van der Waals surface area contributed by atoms with Gasteiger partial charge >= 0.3 is 0 Å². The van der Waals surface area contributed by atoms with Gasteiger partial charge < -0.3 is 15.5 Å². The summed E-state index contributed by atoms with van der Waals surface area (Å²) in [6.45, 7) is 0. The lowest BCUT2D eigenvalue weighted by molar-refractivity contribution is -0.127. The molecule has 0 radical (unpaired) electrons. The number of hydrogen-bond donors (Lipinski definition) is 3. The number of benzene rings is 3. The smallest absolute Gasteiger partial charge is 0.224 e. The highest BCUT2D eigenvalue weighted by Crippen LogP contribution is 2.32. The van der Waals surface area contributed by atoms with E-state index in [0.717, 1.165) is 21.6 Å². The van der Waals surface area contributed by atoms with Crippen LogP contribution in [0, 0.1) is 5.92 Å². The minimum absolute atomic E-state index is 0.125.